The minimum absolute atomic E-state index is 0.0942. The number of aryl methyl sites for hydroxylation is 1. The van der Waals surface area contributed by atoms with E-state index in [1.807, 2.05) is 58.4 Å². The fourth-order valence-corrected chi connectivity index (χ4v) is 3.23. The van der Waals surface area contributed by atoms with Gasteiger partial charge in [0, 0.05) is 44.1 Å². The van der Waals surface area contributed by atoms with Crippen LogP contribution in [0.1, 0.15) is 16.7 Å². The van der Waals surface area contributed by atoms with Gasteiger partial charge in [-0.3, -0.25) is 4.79 Å². The summed E-state index contributed by atoms with van der Waals surface area (Å²) in [6.45, 7) is 2.01. The third-order valence-electron chi connectivity index (χ3n) is 4.52. The Kier molecular flexibility index (Phi) is 5.76. The minimum atomic E-state index is -0.307. The summed E-state index contributed by atoms with van der Waals surface area (Å²) in [5, 5.41) is 4.90. The van der Waals surface area contributed by atoms with Crippen LogP contribution in [0.3, 0.4) is 0 Å². The SMILES string of the molecule is CNc1ccc(C(=C2C=CC(NN(C)C)=CC2=O)c2ccc(F)cc2)c(C)c1. The third-order valence-corrected chi connectivity index (χ3v) is 4.52. The summed E-state index contributed by atoms with van der Waals surface area (Å²) in [5.74, 6) is -0.401. The lowest BCUT2D eigenvalue weighted by atomic mass is 9.87. The van der Waals surface area contributed by atoms with Crippen LogP contribution in [0.2, 0.25) is 0 Å². The van der Waals surface area contributed by atoms with Crippen molar-refractivity contribution in [3.05, 3.63) is 94.5 Å². The number of rotatable bonds is 5. The maximum atomic E-state index is 13.5. The van der Waals surface area contributed by atoms with Crippen molar-refractivity contribution in [3.8, 4) is 0 Å². The number of hydrogen-bond donors (Lipinski definition) is 2. The second-order valence-electron chi connectivity index (χ2n) is 6.88. The number of halogens is 1. The predicted octanol–water partition coefficient (Wildman–Crippen LogP) is 4.07. The van der Waals surface area contributed by atoms with Gasteiger partial charge in [0.2, 0.25) is 0 Å². The highest BCUT2D eigenvalue weighted by atomic mass is 19.1. The molecule has 0 heterocycles. The number of hydrazine groups is 1. The number of ketones is 1. The molecule has 28 heavy (non-hydrogen) atoms. The van der Waals surface area contributed by atoms with E-state index in [0.717, 1.165) is 33.6 Å². The molecule has 0 bridgehead atoms. The van der Waals surface area contributed by atoms with Crippen LogP contribution in [0.15, 0.2) is 72.0 Å². The number of anilines is 1. The number of hydrogen-bond acceptors (Lipinski definition) is 4. The fraction of sp³-hybridized carbons (Fsp3) is 0.174. The van der Waals surface area contributed by atoms with Gasteiger partial charge in [-0.1, -0.05) is 18.2 Å². The Morgan fingerprint density at radius 2 is 1.75 bits per heavy atom. The minimum Gasteiger partial charge on any atom is -0.388 e. The zero-order valence-electron chi connectivity index (χ0n) is 16.5. The van der Waals surface area contributed by atoms with Crippen LogP contribution in [-0.4, -0.2) is 31.9 Å². The molecule has 2 aromatic carbocycles. The van der Waals surface area contributed by atoms with Gasteiger partial charge in [-0.05, 0) is 60.0 Å². The molecule has 0 unspecified atom stereocenters. The van der Waals surface area contributed by atoms with Crippen molar-refractivity contribution in [2.45, 2.75) is 6.92 Å². The van der Waals surface area contributed by atoms with Crippen LogP contribution in [0.5, 0.6) is 0 Å². The van der Waals surface area contributed by atoms with Crippen LogP contribution in [0.25, 0.3) is 5.57 Å². The number of allylic oxidation sites excluding steroid dienone is 4. The molecule has 0 atom stereocenters. The molecule has 0 spiro atoms. The summed E-state index contributed by atoms with van der Waals surface area (Å²) in [5.41, 5.74) is 8.95. The monoisotopic (exact) mass is 377 g/mol. The van der Waals surface area contributed by atoms with Crippen molar-refractivity contribution in [1.82, 2.24) is 10.4 Å². The smallest absolute Gasteiger partial charge is 0.188 e. The largest absolute Gasteiger partial charge is 0.388 e. The lowest BCUT2D eigenvalue weighted by molar-refractivity contribution is -0.111. The first-order chi connectivity index (χ1) is 13.4. The summed E-state index contributed by atoms with van der Waals surface area (Å²) in [7, 11) is 5.59. The Balaban J connectivity index is 2.17. The van der Waals surface area contributed by atoms with Crippen LogP contribution in [0, 0.1) is 12.7 Å². The summed E-state index contributed by atoms with van der Waals surface area (Å²) < 4.78 is 13.5. The van der Waals surface area contributed by atoms with E-state index in [4.69, 9.17) is 0 Å². The van der Waals surface area contributed by atoms with E-state index >= 15 is 0 Å². The van der Waals surface area contributed by atoms with E-state index in [2.05, 4.69) is 10.7 Å². The average Bonchev–Trinajstić information content (AvgIpc) is 2.65. The van der Waals surface area contributed by atoms with Gasteiger partial charge in [-0.15, -0.1) is 0 Å². The van der Waals surface area contributed by atoms with E-state index in [-0.39, 0.29) is 11.6 Å². The normalized spacial score (nSPS) is 15.5. The molecular formula is C23H24FN3O. The predicted molar refractivity (Wildman–Crippen MR) is 112 cm³/mol. The standard InChI is InChI=1S/C23H24FN3O/c1-15-13-18(25-2)9-11-20(15)23(16-5-7-17(24)8-6-16)21-12-10-19(14-22(21)28)26-27(3)4/h5-14,25-26H,1-4H3. The number of benzene rings is 2. The molecule has 1 aliphatic rings. The van der Waals surface area contributed by atoms with Gasteiger partial charge in [0.25, 0.3) is 0 Å². The average molecular weight is 377 g/mol. The molecule has 0 saturated heterocycles. The van der Waals surface area contributed by atoms with Crippen molar-refractivity contribution in [2.24, 2.45) is 0 Å². The third kappa shape index (κ3) is 4.21. The van der Waals surface area contributed by atoms with Crippen molar-refractivity contribution in [3.63, 3.8) is 0 Å². The van der Waals surface area contributed by atoms with Gasteiger partial charge in [0.05, 0.1) is 5.70 Å². The molecular weight excluding hydrogens is 353 g/mol. The molecule has 0 aliphatic heterocycles. The fourth-order valence-electron chi connectivity index (χ4n) is 3.23. The van der Waals surface area contributed by atoms with Gasteiger partial charge >= 0.3 is 0 Å². The molecule has 0 amide bonds. The molecule has 0 fully saturated rings. The second-order valence-corrected chi connectivity index (χ2v) is 6.88. The maximum absolute atomic E-state index is 13.5. The number of nitrogens with zero attached hydrogens (tertiary/aromatic N) is 1. The highest BCUT2D eigenvalue weighted by Crippen LogP contribution is 2.33. The van der Waals surface area contributed by atoms with Crippen LogP contribution in [0.4, 0.5) is 10.1 Å². The number of nitrogens with one attached hydrogen (secondary N) is 2. The van der Waals surface area contributed by atoms with Crippen LogP contribution >= 0.6 is 0 Å². The molecule has 144 valence electrons. The molecule has 2 N–H and O–H groups in total. The Bertz CT molecular complexity index is 985. The topological polar surface area (TPSA) is 44.4 Å². The Labute approximate surface area is 165 Å². The van der Waals surface area contributed by atoms with Gasteiger partial charge < -0.3 is 10.7 Å². The zero-order valence-corrected chi connectivity index (χ0v) is 16.5. The molecule has 4 nitrogen and oxygen atoms in total. The molecule has 0 radical (unpaired) electrons. The molecule has 2 aromatic rings. The summed E-state index contributed by atoms with van der Waals surface area (Å²) in [6, 6.07) is 12.2. The molecule has 5 heteroatoms. The van der Waals surface area contributed by atoms with Crippen molar-refractivity contribution >= 4 is 17.0 Å². The molecule has 3 rings (SSSR count). The number of carbonyl (C=O) groups excluding carboxylic acids is 1. The first-order valence-electron chi connectivity index (χ1n) is 9.06. The van der Waals surface area contributed by atoms with Crippen LogP contribution < -0.4 is 10.7 Å². The highest BCUT2D eigenvalue weighted by molar-refractivity contribution is 6.15. The summed E-state index contributed by atoms with van der Waals surface area (Å²) >= 11 is 0. The van der Waals surface area contributed by atoms with E-state index in [1.165, 1.54) is 12.1 Å². The van der Waals surface area contributed by atoms with Crippen molar-refractivity contribution < 1.29 is 9.18 Å². The van der Waals surface area contributed by atoms with Gasteiger partial charge in [-0.25, -0.2) is 9.40 Å². The van der Waals surface area contributed by atoms with E-state index in [1.54, 1.807) is 23.2 Å². The highest BCUT2D eigenvalue weighted by Gasteiger charge is 2.20. The Hall–Kier alpha value is -3.18. The summed E-state index contributed by atoms with van der Waals surface area (Å²) in [6.07, 6.45) is 5.27. The quantitative estimate of drug-likeness (QED) is 0.609. The van der Waals surface area contributed by atoms with Crippen LogP contribution in [-0.2, 0) is 4.79 Å². The van der Waals surface area contributed by atoms with E-state index < -0.39 is 0 Å². The first-order valence-corrected chi connectivity index (χ1v) is 9.06. The van der Waals surface area contributed by atoms with Gasteiger partial charge in [0.15, 0.2) is 5.78 Å². The first kappa shape index (κ1) is 19.6. The molecule has 0 aromatic heterocycles. The van der Waals surface area contributed by atoms with Crippen molar-refractivity contribution in [2.75, 3.05) is 26.5 Å². The molecule has 1 aliphatic carbocycles. The van der Waals surface area contributed by atoms with Gasteiger partial charge in [0.1, 0.15) is 5.82 Å². The lowest BCUT2D eigenvalue weighted by Crippen LogP contribution is -2.30. The van der Waals surface area contributed by atoms with E-state index in [0.29, 0.717) is 5.57 Å². The Morgan fingerprint density at radius 1 is 1.04 bits per heavy atom. The summed E-state index contributed by atoms with van der Waals surface area (Å²) in [4.78, 5) is 12.9. The van der Waals surface area contributed by atoms with Gasteiger partial charge in [-0.2, -0.15) is 0 Å². The lowest BCUT2D eigenvalue weighted by Gasteiger charge is -2.20. The molecule has 0 saturated carbocycles. The zero-order chi connectivity index (χ0) is 20.3. The second kappa shape index (κ2) is 8.23. The van der Waals surface area contributed by atoms with E-state index in [9.17, 15) is 9.18 Å². The van der Waals surface area contributed by atoms with Crippen molar-refractivity contribution in [1.29, 1.82) is 0 Å². The Morgan fingerprint density at radius 3 is 2.32 bits per heavy atom. The maximum Gasteiger partial charge on any atom is 0.188 e. The number of carbonyl (C=O) groups is 1.